The van der Waals surface area contributed by atoms with Crippen molar-refractivity contribution in [3.8, 4) is 0 Å². The lowest BCUT2D eigenvalue weighted by Gasteiger charge is -2.39. The van der Waals surface area contributed by atoms with Crippen LogP contribution in [0, 0.1) is 5.41 Å². The van der Waals surface area contributed by atoms with Gasteiger partial charge in [0.2, 0.25) is 0 Å². The van der Waals surface area contributed by atoms with E-state index in [4.69, 9.17) is 4.74 Å². The van der Waals surface area contributed by atoms with Crippen LogP contribution >= 0.6 is 0 Å². The van der Waals surface area contributed by atoms with Crippen LogP contribution < -0.4 is 0 Å². The molecule has 1 aromatic heterocycles. The second kappa shape index (κ2) is 5.15. The van der Waals surface area contributed by atoms with Gasteiger partial charge in [-0.05, 0) is 17.0 Å². The zero-order chi connectivity index (χ0) is 12.3. The lowest BCUT2D eigenvalue weighted by atomic mass is 9.88. The van der Waals surface area contributed by atoms with Crippen molar-refractivity contribution in [3.05, 3.63) is 30.1 Å². The van der Waals surface area contributed by atoms with Gasteiger partial charge in [-0.1, -0.05) is 26.8 Å². The molecule has 17 heavy (non-hydrogen) atoms. The average molecular weight is 234 g/mol. The van der Waals surface area contributed by atoms with Crippen molar-refractivity contribution in [1.29, 1.82) is 0 Å². The third-order valence-electron chi connectivity index (χ3n) is 3.25. The molecule has 1 saturated heterocycles. The summed E-state index contributed by atoms with van der Waals surface area (Å²) in [4.78, 5) is 6.61. The predicted octanol–water partition coefficient (Wildman–Crippen LogP) is 2.33. The Labute approximate surface area is 104 Å². The minimum atomic E-state index is 0.216. The number of morpholine rings is 1. The average Bonchev–Trinajstić information content (AvgIpc) is 2.29. The molecule has 0 saturated carbocycles. The third-order valence-corrected chi connectivity index (χ3v) is 3.25. The summed E-state index contributed by atoms with van der Waals surface area (Å²) in [6.45, 7) is 10.6. The fourth-order valence-electron chi connectivity index (χ4n) is 2.12. The number of ether oxygens (including phenoxy) is 1. The molecule has 94 valence electrons. The quantitative estimate of drug-likeness (QED) is 0.785. The maximum absolute atomic E-state index is 5.85. The fourth-order valence-corrected chi connectivity index (χ4v) is 2.12. The number of hydrogen-bond donors (Lipinski definition) is 0. The topological polar surface area (TPSA) is 25.4 Å². The zero-order valence-electron chi connectivity index (χ0n) is 11.0. The Kier molecular flexibility index (Phi) is 3.79. The molecule has 1 aliphatic heterocycles. The molecule has 0 spiro atoms. The molecule has 0 bridgehead atoms. The zero-order valence-corrected chi connectivity index (χ0v) is 11.0. The molecule has 1 fully saturated rings. The van der Waals surface area contributed by atoms with E-state index in [2.05, 4.69) is 36.7 Å². The van der Waals surface area contributed by atoms with E-state index < -0.39 is 0 Å². The molecule has 1 atom stereocenters. The molecule has 2 rings (SSSR count). The van der Waals surface area contributed by atoms with Crippen LogP contribution in [-0.4, -0.2) is 35.7 Å². The Morgan fingerprint density at radius 2 is 2.29 bits per heavy atom. The summed E-state index contributed by atoms with van der Waals surface area (Å²) in [6, 6.07) is 4.13. The summed E-state index contributed by atoms with van der Waals surface area (Å²) < 4.78 is 5.85. The van der Waals surface area contributed by atoms with Gasteiger partial charge in [-0.3, -0.25) is 9.88 Å². The van der Waals surface area contributed by atoms with E-state index in [-0.39, 0.29) is 5.41 Å². The first-order valence-corrected chi connectivity index (χ1v) is 6.28. The van der Waals surface area contributed by atoms with E-state index in [0.29, 0.717) is 6.10 Å². The number of pyridine rings is 1. The first kappa shape index (κ1) is 12.5. The molecule has 0 aliphatic carbocycles. The van der Waals surface area contributed by atoms with Gasteiger partial charge in [0, 0.05) is 32.0 Å². The van der Waals surface area contributed by atoms with Crippen molar-refractivity contribution in [1.82, 2.24) is 9.88 Å². The molecule has 1 unspecified atom stereocenters. The standard InChI is InChI=1S/C14H22N2O/c1-14(2,3)13-11-16(7-8-17-13)10-12-5-4-6-15-9-12/h4-6,9,13H,7-8,10-11H2,1-3H3. The molecule has 0 aromatic carbocycles. The minimum Gasteiger partial charge on any atom is -0.375 e. The smallest absolute Gasteiger partial charge is 0.0750 e. The van der Waals surface area contributed by atoms with Crippen LogP contribution in [0.2, 0.25) is 0 Å². The van der Waals surface area contributed by atoms with E-state index in [1.807, 2.05) is 18.5 Å². The van der Waals surface area contributed by atoms with Gasteiger partial charge in [0.25, 0.3) is 0 Å². The molecule has 0 N–H and O–H groups in total. The second-order valence-electron chi connectivity index (χ2n) is 5.82. The van der Waals surface area contributed by atoms with Crippen molar-refractivity contribution in [3.63, 3.8) is 0 Å². The Morgan fingerprint density at radius 1 is 1.47 bits per heavy atom. The molecule has 2 heterocycles. The van der Waals surface area contributed by atoms with Crippen LogP contribution in [0.1, 0.15) is 26.3 Å². The van der Waals surface area contributed by atoms with E-state index >= 15 is 0 Å². The summed E-state index contributed by atoms with van der Waals surface area (Å²) in [5.74, 6) is 0. The Hall–Kier alpha value is -0.930. The van der Waals surface area contributed by atoms with Gasteiger partial charge in [-0.2, -0.15) is 0 Å². The summed E-state index contributed by atoms with van der Waals surface area (Å²) in [6.07, 6.45) is 4.09. The molecule has 0 radical (unpaired) electrons. The van der Waals surface area contributed by atoms with Gasteiger partial charge >= 0.3 is 0 Å². The summed E-state index contributed by atoms with van der Waals surface area (Å²) in [5.41, 5.74) is 1.50. The summed E-state index contributed by atoms with van der Waals surface area (Å²) in [5, 5.41) is 0. The van der Waals surface area contributed by atoms with Crippen molar-refractivity contribution >= 4 is 0 Å². The van der Waals surface area contributed by atoms with Gasteiger partial charge in [-0.25, -0.2) is 0 Å². The largest absolute Gasteiger partial charge is 0.375 e. The normalized spacial score (nSPS) is 22.6. The van der Waals surface area contributed by atoms with Gasteiger partial charge in [0.1, 0.15) is 0 Å². The van der Waals surface area contributed by atoms with Gasteiger partial charge in [-0.15, -0.1) is 0 Å². The van der Waals surface area contributed by atoms with Crippen molar-refractivity contribution in [2.24, 2.45) is 5.41 Å². The van der Waals surface area contributed by atoms with E-state index in [9.17, 15) is 0 Å². The predicted molar refractivity (Wildman–Crippen MR) is 68.7 cm³/mol. The monoisotopic (exact) mass is 234 g/mol. The number of nitrogens with zero attached hydrogens (tertiary/aromatic N) is 2. The molecule has 3 nitrogen and oxygen atoms in total. The minimum absolute atomic E-state index is 0.216. The van der Waals surface area contributed by atoms with E-state index in [1.54, 1.807) is 0 Å². The van der Waals surface area contributed by atoms with Gasteiger partial charge < -0.3 is 4.74 Å². The number of hydrogen-bond acceptors (Lipinski definition) is 3. The fraction of sp³-hybridized carbons (Fsp3) is 0.643. The molecule has 0 amide bonds. The van der Waals surface area contributed by atoms with Crippen molar-refractivity contribution in [2.75, 3.05) is 19.7 Å². The lowest BCUT2D eigenvalue weighted by molar-refractivity contribution is -0.0816. The highest BCUT2D eigenvalue weighted by molar-refractivity contribution is 5.08. The van der Waals surface area contributed by atoms with Gasteiger partial charge in [0.05, 0.1) is 12.7 Å². The number of aromatic nitrogens is 1. The van der Waals surface area contributed by atoms with Crippen LogP contribution in [0.25, 0.3) is 0 Å². The number of rotatable bonds is 2. The highest BCUT2D eigenvalue weighted by Gasteiger charge is 2.30. The molecule has 3 heteroatoms. The first-order chi connectivity index (χ1) is 8.05. The van der Waals surface area contributed by atoms with Gasteiger partial charge in [0.15, 0.2) is 0 Å². The van der Waals surface area contributed by atoms with Crippen molar-refractivity contribution < 1.29 is 4.74 Å². The van der Waals surface area contributed by atoms with Crippen LogP contribution in [0.15, 0.2) is 24.5 Å². The highest BCUT2D eigenvalue weighted by atomic mass is 16.5. The highest BCUT2D eigenvalue weighted by Crippen LogP contribution is 2.25. The van der Waals surface area contributed by atoms with Crippen LogP contribution in [-0.2, 0) is 11.3 Å². The second-order valence-corrected chi connectivity index (χ2v) is 5.82. The lowest BCUT2D eigenvalue weighted by Crippen LogP contribution is -2.47. The molecular weight excluding hydrogens is 212 g/mol. The Morgan fingerprint density at radius 3 is 2.94 bits per heavy atom. The maximum Gasteiger partial charge on any atom is 0.0750 e. The molecule has 1 aromatic rings. The maximum atomic E-state index is 5.85. The van der Waals surface area contributed by atoms with Crippen LogP contribution in [0.4, 0.5) is 0 Å². The molecular formula is C14H22N2O. The van der Waals surface area contributed by atoms with Crippen LogP contribution in [0.3, 0.4) is 0 Å². The third kappa shape index (κ3) is 3.51. The summed E-state index contributed by atoms with van der Waals surface area (Å²) in [7, 11) is 0. The van der Waals surface area contributed by atoms with Crippen molar-refractivity contribution in [2.45, 2.75) is 33.4 Å². The summed E-state index contributed by atoms with van der Waals surface area (Å²) >= 11 is 0. The van der Waals surface area contributed by atoms with E-state index in [1.165, 1.54) is 5.56 Å². The SMILES string of the molecule is CC(C)(C)C1CN(Cc2cccnc2)CCO1. The Balaban J connectivity index is 1.94. The molecule has 1 aliphatic rings. The first-order valence-electron chi connectivity index (χ1n) is 6.28. The van der Waals surface area contributed by atoms with Crippen LogP contribution in [0.5, 0.6) is 0 Å². The van der Waals surface area contributed by atoms with E-state index in [0.717, 1.165) is 26.2 Å². The Bertz CT molecular complexity index is 345.